The molecule has 0 aliphatic carbocycles. The second-order valence-corrected chi connectivity index (χ2v) is 21.1. The standard InChI is InChI=1S/C61H119NO5/c1-4-7-10-13-16-19-22-25-28-30-31-33-36-39-42-45-48-51-54-61(66)67-57(52-49-46-43-40-37-34-27-24-21-18-15-12-9-6-3)55-60(65)62-58(56-63)59(64)53-50-47-44-41-38-35-32-29-26-23-20-17-14-11-8-5-2/h31,33,57-59,63-64H,4-30,32,34-56H2,1-3H3,(H,62,65)/b33-31+. The smallest absolute Gasteiger partial charge is 0.306 e. The van der Waals surface area contributed by atoms with Crippen molar-refractivity contribution >= 4 is 11.9 Å². The monoisotopic (exact) mass is 946 g/mol. The fourth-order valence-corrected chi connectivity index (χ4v) is 9.72. The molecule has 3 unspecified atom stereocenters. The van der Waals surface area contributed by atoms with Gasteiger partial charge in [-0.15, -0.1) is 0 Å². The number of carbonyl (C=O) groups is 2. The predicted octanol–water partition coefficient (Wildman–Crippen LogP) is 18.9. The Hall–Kier alpha value is -1.40. The van der Waals surface area contributed by atoms with Crippen molar-refractivity contribution in [3.63, 3.8) is 0 Å². The van der Waals surface area contributed by atoms with E-state index in [-0.39, 0.29) is 24.9 Å². The highest BCUT2D eigenvalue weighted by Crippen LogP contribution is 2.19. The Kier molecular flexibility index (Phi) is 54.4. The first-order valence-electron chi connectivity index (χ1n) is 30.4. The van der Waals surface area contributed by atoms with Crippen molar-refractivity contribution in [3.05, 3.63) is 12.2 Å². The molecule has 0 aromatic rings. The Balaban J connectivity index is 4.48. The van der Waals surface area contributed by atoms with Gasteiger partial charge in [-0.25, -0.2) is 0 Å². The Morgan fingerprint density at radius 1 is 0.418 bits per heavy atom. The average molecular weight is 947 g/mol. The average Bonchev–Trinajstić information content (AvgIpc) is 3.32. The summed E-state index contributed by atoms with van der Waals surface area (Å²) in [5, 5.41) is 23.9. The number of aliphatic hydroxyl groups is 2. The van der Waals surface area contributed by atoms with E-state index in [0.717, 1.165) is 51.4 Å². The van der Waals surface area contributed by atoms with Gasteiger partial charge in [-0.2, -0.15) is 0 Å². The van der Waals surface area contributed by atoms with Crippen molar-refractivity contribution in [1.29, 1.82) is 0 Å². The van der Waals surface area contributed by atoms with Gasteiger partial charge in [0.1, 0.15) is 6.10 Å². The van der Waals surface area contributed by atoms with E-state index >= 15 is 0 Å². The largest absolute Gasteiger partial charge is 0.462 e. The lowest BCUT2D eigenvalue weighted by molar-refractivity contribution is -0.151. The summed E-state index contributed by atoms with van der Waals surface area (Å²) in [4.78, 5) is 26.3. The van der Waals surface area contributed by atoms with Gasteiger partial charge in [0.15, 0.2) is 0 Å². The zero-order valence-electron chi connectivity index (χ0n) is 45.6. The molecule has 0 rings (SSSR count). The topological polar surface area (TPSA) is 95.9 Å². The molecular formula is C61H119NO5. The molecule has 0 aromatic heterocycles. The molecule has 0 heterocycles. The van der Waals surface area contributed by atoms with E-state index in [9.17, 15) is 19.8 Å². The molecule has 6 nitrogen and oxygen atoms in total. The molecule has 0 aromatic carbocycles. The maximum absolute atomic E-state index is 13.3. The van der Waals surface area contributed by atoms with Crippen molar-refractivity contribution < 1.29 is 24.5 Å². The van der Waals surface area contributed by atoms with Crippen LogP contribution >= 0.6 is 0 Å². The molecule has 0 aliphatic rings. The number of carbonyl (C=O) groups excluding carboxylic acids is 2. The van der Waals surface area contributed by atoms with Crippen LogP contribution < -0.4 is 5.32 Å². The van der Waals surface area contributed by atoms with Gasteiger partial charge in [0.2, 0.25) is 5.91 Å². The Morgan fingerprint density at radius 3 is 1.06 bits per heavy atom. The Morgan fingerprint density at radius 2 is 0.716 bits per heavy atom. The molecule has 0 spiro atoms. The van der Waals surface area contributed by atoms with Crippen LogP contribution in [0.2, 0.25) is 0 Å². The van der Waals surface area contributed by atoms with Gasteiger partial charge in [-0.05, 0) is 51.4 Å². The summed E-state index contributed by atoms with van der Waals surface area (Å²) < 4.78 is 5.97. The SMILES string of the molecule is CCCCCCCCCCC/C=C/CCCCCCCC(=O)OC(CCCCCCCCCCCCCCCC)CC(=O)NC(CO)C(O)CCCCCCCCCCCCCCCCCC. The van der Waals surface area contributed by atoms with E-state index in [0.29, 0.717) is 19.3 Å². The highest BCUT2D eigenvalue weighted by Gasteiger charge is 2.24. The first-order valence-corrected chi connectivity index (χ1v) is 30.4. The van der Waals surface area contributed by atoms with Crippen molar-refractivity contribution in [3.8, 4) is 0 Å². The van der Waals surface area contributed by atoms with E-state index in [4.69, 9.17) is 4.74 Å². The van der Waals surface area contributed by atoms with E-state index in [1.165, 1.54) is 244 Å². The molecule has 67 heavy (non-hydrogen) atoms. The minimum absolute atomic E-state index is 0.0824. The van der Waals surface area contributed by atoms with Crippen LogP contribution in [0.3, 0.4) is 0 Å². The van der Waals surface area contributed by atoms with E-state index in [2.05, 4.69) is 38.2 Å². The molecule has 0 saturated heterocycles. The van der Waals surface area contributed by atoms with Gasteiger partial charge in [0.25, 0.3) is 0 Å². The fraction of sp³-hybridized carbons (Fsp3) is 0.934. The molecule has 6 heteroatoms. The van der Waals surface area contributed by atoms with Gasteiger partial charge in [0, 0.05) is 6.42 Å². The third-order valence-corrected chi connectivity index (χ3v) is 14.3. The van der Waals surface area contributed by atoms with Gasteiger partial charge < -0.3 is 20.3 Å². The lowest BCUT2D eigenvalue weighted by Crippen LogP contribution is -2.46. The minimum Gasteiger partial charge on any atom is -0.462 e. The first-order chi connectivity index (χ1) is 33.0. The van der Waals surface area contributed by atoms with Crippen LogP contribution in [0.4, 0.5) is 0 Å². The number of aliphatic hydroxyl groups excluding tert-OH is 2. The lowest BCUT2D eigenvalue weighted by atomic mass is 10.0. The zero-order chi connectivity index (χ0) is 48.8. The number of amides is 1. The van der Waals surface area contributed by atoms with Crippen molar-refractivity contribution in [2.75, 3.05) is 6.61 Å². The van der Waals surface area contributed by atoms with Crippen molar-refractivity contribution in [2.45, 2.75) is 360 Å². The molecule has 0 radical (unpaired) electrons. The normalized spacial score (nSPS) is 13.1. The Labute approximate surface area is 419 Å². The number of esters is 1. The third-order valence-electron chi connectivity index (χ3n) is 14.3. The van der Waals surface area contributed by atoms with E-state index in [1.807, 2.05) is 0 Å². The molecule has 3 atom stereocenters. The van der Waals surface area contributed by atoms with Crippen LogP contribution in [-0.2, 0) is 14.3 Å². The van der Waals surface area contributed by atoms with Crippen LogP contribution in [-0.4, -0.2) is 46.9 Å². The van der Waals surface area contributed by atoms with Crippen molar-refractivity contribution in [1.82, 2.24) is 5.32 Å². The van der Waals surface area contributed by atoms with Crippen LogP contribution in [0.25, 0.3) is 0 Å². The number of nitrogens with one attached hydrogen (secondary N) is 1. The third kappa shape index (κ3) is 50.8. The molecule has 1 amide bonds. The van der Waals surface area contributed by atoms with E-state index in [1.54, 1.807) is 0 Å². The van der Waals surface area contributed by atoms with Crippen LogP contribution in [0.1, 0.15) is 342 Å². The fourth-order valence-electron chi connectivity index (χ4n) is 9.72. The predicted molar refractivity (Wildman–Crippen MR) is 292 cm³/mol. The minimum atomic E-state index is -0.784. The second kappa shape index (κ2) is 55.5. The maximum atomic E-state index is 13.3. The molecular weight excluding hydrogens is 827 g/mol. The molecule has 398 valence electrons. The maximum Gasteiger partial charge on any atom is 0.306 e. The van der Waals surface area contributed by atoms with E-state index < -0.39 is 18.2 Å². The van der Waals surface area contributed by atoms with Crippen LogP contribution in [0.5, 0.6) is 0 Å². The molecule has 0 aliphatic heterocycles. The second-order valence-electron chi connectivity index (χ2n) is 21.1. The highest BCUT2D eigenvalue weighted by molar-refractivity contribution is 5.77. The van der Waals surface area contributed by atoms with Crippen molar-refractivity contribution in [2.24, 2.45) is 0 Å². The summed E-state index contributed by atoms with van der Waals surface area (Å²) in [5.74, 6) is -0.458. The van der Waals surface area contributed by atoms with Gasteiger partial charge in [-0.1, -0.05) is 290 Å². The summed E-state index contributed by atoms with van der Waals surface area (Å²) in [7, 11) is 0. The van der Waals surface area contributed by atoms with Gasteiger partial charge in [-0.3, -0.25) is 9.59 Å². The quantitative estimate of drug-likeness (QED) is 0.0321. The number of allylic oxidation sites excluding steroid dienone is 2. The Bertz CT molecular complexity index is 1020. The van der Waals surface area contributed by atoms with Gasteiger partial charge in [0.05, 0.1) is 25.2 Å². The lowest BCUT2D eigenvalue weighted by Gasteiger charge is -2.24. The van der Waals surface area contributed by atoms with Crippen LogP contribution in [0, 0.1) is 0 Å². The van der Waals surface area contributed by atoms with Crippen LogP contribution in [0.15, 0.2) is 12.2 Å². The number of ether oxygens (including phenoxy) is 1. The molecule has 0 bridgehead atoms. The summed E-state index contributed by atoms with van der Waals surface area (Å²) in [5.41, 5.74) is 0. The number of rotatable bonds is 56. The number of unbranched alkanes of at least 4 members (excludes halogenated alkanes) is 42. The summed E-state index contributed by atoms with van der Waals surface area (Å²) in [6.07, 6.45) is 64.2. The summed E-state index contributed by atoms with van der Waals surface area (Å²) >= 11 is 0. The highest BCUT2D eigenvalue weighted by atomic mass is 16.5. The molecule has 0 saturated carbocycles. The molecule has 0 fully saturated rings. The molecule has 3 N–H and O–H groups in total. The first kappa shape index (κ1) is 65.6. The zero-order valence-corrected chi connectivity index (χ0v) is 45.6. The summed E-state index contributed by atoms with van der Waals surface area (Å²) in [6.45, 7) is 6.54. The number of hydrogen-bond acceptors (Lipinski definition) is 5. The number of hydrogen-bond donors (Lipinski definition) is 3. The summed E-state index contributed by atoms with van der Waals surface area (Å²) in [6, 6.07) is -0.698. The van der Waals surface area contributed by atoms with Gasteiger partial charge >= 0.3 is 5.97 Å².